The SMILES string of the molecule is NC(=O)C1Cc2cccc3c2N1C(=O)C(Cc1cn[nH]n1)(NC(=O)CC1CCCC1)CC3. The Morgan fingerprint density at radius 2 is 2.03 bits per heavy atom. The molecule has 0 spiro atoms. The number of aromatic nitrogens is 3. The predicted octanol–water partition coefficient (Wildman–Crippen LogP) is 1.17. The van der Waals surface area contributed by atoms with Crippen molar-refractivity contribution in [2.45, 2.75) is 69.4 Å². The van der Waals surface area contributed by atoms with E-state index in [2.05, 4.69) is 20.7 Å². The van der Waals surface area contributed by atoms with E-state index in [1.54, 1.807) is 6.20 Å². The van der Waals surface area contributed by atoms with Crippen LogP contribution in [-0.4, -0.2) is 44.7 Å². The molecule has 4 N–H and O–H groups in total. The van der Waals surface area contributed by atoms with Crippen LogP contribution in [0, 0.1) is 5.92 Å². The molecule has 168 valence electrons. The van der Waals surface area contributed by atoms with Crippen LogP contribution in [0.3, 0.4) is 0 Å². The topological polar surface area (TPSA) is 134 Å². The highest BCUT2D eigenvalue weighted by Gasteiger charge is 2.51. The van der Waals surface area contributed by atoms with E-state index in [4.69, 9.17) is 5.73 Å². The maximum atomic E-state index is 14.2. The van der Waals surface area contributed by atoms with Crippen LogP contribution in [0.15, 0.2) is 24.4 Å². The Morgan fingerprint density at radius 1 is 1.25 bits per heavy atom. The van der Waals surface area contributed by atoms with Crippen molar-refractivity contribution in [1.29, 1.82) is 0 Å². The summed E-state index contributed by atoms with van der Waals surface area (Å²) in [5.74, 6) is -0.619. The fourth-order valence-corrected chi connectivity index (χ4v) is 5.67. The number of hydrogen-bond acceptors (Lipinski definition) is 5. The van der Waals surface area contributed by atoms with E-state index in [9.17, 15) is 14.4 Å². The molecule has 2 aliphatic heterocycles. The molecule has 9 heteroatoms. The van der Waals surface area contributed by atoms with Crippen molar-refractivity contribution < 1.29 is 14.4 Å². The number of nitrogens with one attached hydrogen (secondary N) is 2. The van der Waals surface area contributed by atoms with Crippen LogP contribution in [0.25, 0.3) is 0 Å². The molecule has 2 aromatic rings. The quantitative estimate of drug-likeness (QED) is 0.625. The van der Waals surface area contributed by atoms with Gasteiger partial charge in [0.15, 0.2) is 0 Å². The van der Waals surface area contributed by atoms with Gasteiger partial charge in [-0.3, -0.25) is 19.3 Å². The van der Waals surface area contributed by atoms with Crippen LogP contribution < -0.4 is 16.0 Å². The molecule has 32 heavy (non-hydrogen) atoms. The molecule has 0 radical (unpaired) electrons. The Bertz CT molecular complexity index is 1050. The zero-order chi connectivity index (χ0) is 22.3. The van der Waals surface area contributed by atoms with Gasteiger partial charge in [-0.15, -0.1) is 0 Å². The summed E-state index contributed by atoms with van der Waals surface area (Å²) in [6.07, 6.45) is 7.95. The number of para-hydroxylation sites is 1. The average molecular weight is 437 g/mol. The van der Waals surface area contributed by atoms with Crippen LogP contribution in [-0.2, 0) is 33.6 Å². The summed E-state index contributed by atoms with van der Waals surface area (Å²) in [4.78, 5) is 41.2. The zero-order valence-corrected chi connectivity index (χ0v) is 18.0. The van der Waals surface area contributed by atoms with Gasteiger partial charge in [0.25, 0.3) is 5.91 Å². The Balaban J connectivity index is 1.53. The Hall–Kier alpha value is -3.23. The third-order valence-electron chi connectivity index (χ3n) is 7.22. The second kappa shape index (κ2) is 8.03. The van der Waals surface area contributed by atoms with Crippen molar-refractivity contribution in [1.82, 2.24) is 20.7 Å². The predicted molar refractivity (Wildman–Crippen MR) is 116 cm³/mol. The first-order valence-electron chi connectivity index (χ1n) is 11.4. The monoisotopic (exact) mass is 436 g/mol. The smallest absolute Gasteiger partial charge is 0.253 e. The van der Waals surface area contributed by atoms with E-state index in [-0.39, 0.29) is 18.2 Å². The molecule has 0 saturated heterocycles. The van der Waals surface area contributed by atoms with Crippen molar-refractivity contribution in [2.24, 2.45) is 11.7 Å². The number of primary amides is 1. The molecule has 3 heterocycles. The number of amides is 3. The lowest BCUT2D eigenvalue weighted by atomic mass is 9.85. The van der Waals surface area contributed by atoms with Crippen LogP contribution in [0.1, 0.15) is 55.3 Å². The average Bonchev–Trinajstić information content (AvgIpc) is 3.50. The number of carbonyl (C=O) groups excluding carboxylic acids is 3. The second-order valence-electron chi connectivity index (χ2n) is 9.35. The van der Waals surface area contributed by atoms with Crippen molar-refractivity contribution in [2.75, 3.05) is 4.90 Å². The molecule has 2 unspecified atom stereocenters. The van der Waals surface area contributed by atoms with Crippen LogP contribution >= 0.6 is 0 Å². The molecule has 9 nitrogen and oxygen atoms in total. The summed E-state index contributed by atoms with van der Waals surface area (Å²) in [5, 5.41) is 13.7. The van der Waals surface area contributed by atoms with Gasteiger partial charge in [0.2, 0.25) is 11.8 Å². The number of nitrogens with two attached hydrogens (primary N) is 1. The van der Waals surface area contributed by atoms with Gasteiger partial charge in [-0.1, -0.05) is 31.0 Å². The number of rotatable bonds is 6. The van der Waals surface area contributed by atoms with Crippen molar-refractivity contribution in [3.8, 4) is 0 Å². The number of hydrogen-bond donors (Lipinski definition) is 3. The van der Waals surface area contributed by atoms with E-state index in [1.165, 1.54) is 4.90 Å². The van der Waals surface area contributed by atoms with Gasteiger partial charge < -0.3 is 11.1 Å². The van der Waals surface area contributed by atoms with Gasteiger partial charge in [-0.05, 0) is 42.7 Å². The number of carbonyl (C=O) groups is 3. The minimum Gasteiger partial charge on any atom is -0.368 e. The number of anilines is 1. The number of benzene rings is 1. The van der Waals surface area contributed by atoms with Gasteiger partial charge in [-0.25, -0.2) is 0 Å². The third kappa shape index (κ3) is 3.55. The molecule has 1 aromatic carbocycles. The van der Waals surface area contributed by atoms with Crippen molar-refractivity contribution >= 4 is 23.4 Å². The summed E-state index contributed by atoms with van der Waals surface area (Å²) < 4.78 is 0. The van der Waals surface area contributed by atoms with Crippen LogP contribution in [0.2, 0.25) is 0 Å². The minimum absolute atomic E-state index is 0.130. The molecule has 3 aliphatic rings. The third-order valence-corrected chi connectivity index (χ3v) is 7.22. The van der Waals surface area contributed by atoms with Crippen molar-refractivity contribution in [3.63, 3.8) is 0 Å². The first-order chi connectivity index (χ1) is 15.5. The highest BCUT2D eigenvalue weighted by Crippen LogP contribution is 2.42. The fourth-order valence-electron chi connectivity index (χ4n) is 5.67. The van der Waals surface area contributed by atoms with E-state index in [1.807, 2.05) is 18.2 Å². The first-order valence-corrected chi connectivity index (χ1v) is 11.4. The van der Waals surface area contributed by atoms with Crippen LogP contribution in [0.4, 0.5) is 5.69 Å². The number of H-pyrrole nitrogens is 1. The summed E-state index contributed by atoms with van der Waals surface area (Å²) in [5.41, 5.74) is 7.78. The lowest BCUT2D eigenvalue weighted by Gasteiger charge is -2.36. The molecule has 1 aliphatic carbocycles. The van der Waals surface area contributed by atoms with Gasteiger partial charge in [-0.2, -0.15) is 15.4 Å². The summed E-state index contributed by atoms with van der Waals surface area (Å²) in [6, 6.07) is 5.10. The molecule has 1 fully saturated rings. The van der Waals surface area contributed by atoms with Gasteiger partial charge in [0, 0.05) is 19.3 Å². The minimum atomic E-state index is -1.22. The van der Waals surface area contributed by atoms with E-state index in [0.717, 1.165) is 42.5 Å². The Labute approximate surface area is 186 Å². The molecule has 3 amide bonds. The maximum Gasteiger partial charge on any atom is 0.253 e. The maximum absolute atomic E-state index is 14.2. The molecular formula is C23H28N6O3. The lowest BCUT2D eigenvalue weighted by molar-refractivity contribution is -0.133. The van der Waals surface area contributed by atoms with Gasteiger partial charge >= 0.3 is 0 Å². The zero-order valence-electron chi connectivity index (χ0n) is 18.0. The first kappa shape index (κ1) is 20.7. The molecule has 5 rings (SSSR count). The van der Waals surface area contributed by atoms with Crippen LogP contribution in [0.5, 0.6) is 0 Å². The Morgan fingerprint density at radius 3 is 2.75 bits per heavy atom. The molecule has 1 aromatic heterocycles. The molecule has 0 bridgehead atoms. The largest absolute Gasteiger partial charge is 0.368 e. The molecule has 2 atom stereocenters. The normalized spacial score (nSPS) is 24.9. The molecule has 1 saturated carbocycles. The lowest BCUT2D eigenvalue weighted by Crippen LogP contribution is -2.63. The number of aromatic amines is 1. The standard InChI is InChI=1S/C23H28N6O3/c24-21(31)18-11-16-7-3-6-15-8-9-23(12-17-13-25-28-27-17,22(32)29(18)20(15)16)26-19(30)10-14-4-1-2-5-14/h3,6-7,13-14,18H,1-2,4-5,8-12H2,(H2,24,31)(H,26,30)(H,25,27,28). The summed E-state index contributed by atoms with van der Waals surface area (Å²) >= 11 is 0. The van der Waals surface area contributed by atoms with Crippen molar-refractivity contribution in [3.05, 3.63) is 41.2 Å². The fraction of sp³-hybridized carbons (Fsp3) is 0.522. The number of nitrogens with zero attached hydrogens (tertiary/aromatic N) is 3. The summed E-state index contributed by atoms with van der Waals surface area (Å²) in [7, 11) is 0. The summed E-state index contributed by atoms with van der Waals surface area (Å²) in [6.45, 7) is 0. The number of aryl methyl sites for hydroxylation is 1. The highest BCUT2D eigenvalue weighted by molar-refractivity contribution is 6.09. The second-order valence-corrected chi connectivity index (χ2v) is 9.35. The van der Waals surface area contributed by atoms with Gasteiger partial charge in [0.05, 0.1) is 17.6 Å². The molecular weight excluding hydrogens is 408 g/mol. The highest BCUT2D eigenvalue weighted by atomic mass is 16.2. The van der Waals surface area contributed by atoms with Gasteiger partial charge in [0.1, 0.15) is 11.6 Å². The van der Waals surface area contributed by atoms with E-state index in [0.29, 0.717) is 37.3 Å². The van der Waals surface area contributed by atoms with E-state index >= 15 is 0 Å². The Kier molecular flexibility index (Phi) is 5.19. The van der Waals surface area contributed by atoms with E-state index < -0.39 is 17.5 Å².